The maximum absolute atomic E-state index is 9.67. The van der Waals surface area contributed by atoms with Crippen molar-refractivity contribution >= 4 is 21.5 Å². The molecule has 0 unspecified atom stereocenters. The van der Waals surface area contributed by atoms with Gasteiger partial charge < -0.3 is 19.7 Å². The first kappa shape index (κ1) is 28.1. The smallest absolute Gasteiger partial charge is 0.130 e. The molecular formula is C30H36O4. The number of hydrogen-bond donors (Lipinski definition) is 2. The number of aromatic hydroxyl groups is 2. The first-order valence-corrected chi connectivity index (χ1v) is 10.4. The van der Waals surface area contributed by atoms with Gasteiger partial charge in [0.15, 0.2) is 0 Å². The Kier molecular flexibility index (Phi) is 10.7. The van der Waals surface area contributed by atoms with Gasteiger partial charge in [0.25, 0.3) is 0 Å². The van der Waals surface area contributed by atoms with E-state index in [0.717, 1.165) is 27.8 Å². The third kappa shape index (κ3) is 6.10. The van der Waals surface area contributed by atoms with Crippen LogP contribution < -0.4 is 9.47 Å². The number of hydrogen-bond acceptors (Lipinski definition) is 4. The maximum Gasteiger partial charge on any atom is 0.130 e. The monoisotopic (exact) mass is 460 g/mol. The molecule has 0 aromatic heterocycles. The second-order valence-electron chi connectivity index (χ2n) is 7.37. The van der Waals surface area contributed by atoms with Crippen LogP contribution in [0, 0.1) is 13.8 Å². The fraction of sp³-hybridized carbons (Fsp3) is 0.200. The van der Waals surface area contributed by atoms with E-state index < -0.39 is 0 Å². The van der Waals surface area contributed by atoms with E-state index in [1.807, 2.05) is 49.4 Å². The van der Waals surface area contributed by atoms with Gasteiger partial charge >= 0.3 is 0 Å². The SMILES string of the molecule is C.C.C=CCOc1cc(C)c(OCC=C)c2ccccc12.Cc1cc(O)c2ccccc2c1O. The van der Waals surface area contributed by atoms with E-state index in [2.05, 4.69) is 13.2 Å². The van der Waals surface area contributed by atoms with Gasteiger partial charge in [0.2, 0.25) is 0 Å². The van der Waals surface area contributed by atoms with E-state index in [0.29, 0.717) is 29.5 Å². The molecule has 4 aromatic carbocycles. The van der Waals surface area contributed by atoms with Gasteiger partial charge in [-0.2, -0.15) is 0 Å². The fourth-order valence-corrected chi connectivity index (χ4v) is 3.53. The third-order valence-corrected chi connectivity index (χ3v) is 5.03. The molecule has 2 N–H and O–H groups in total. The topological polar surface area (TPSA) is 58.9 Å². The molecule has 0 atom stereocenters. The van der Waals surface area contributed by atoms with Crippen LogP contribution in [0.1, 0.15) is 26.0 Å². The lowest BCUT2D eigenvalue weighted by Gasteiger charge is -2.15. The molecule has 4 aromatic rings. The number of benzene rings is 4. The van der Waals surface area contributed by atoms with Crippen molar-refractivity contribution in [1.82, 2.24) is 0 Å². The molecule has 0 spiro atoms. The first-order valence-electron chi connectivity index (χ1n) is 10.4. The van der Waals surface area contributed by atoms with E-state index in [-0.39, 0.29) is 26.4 Å². The van der Waals surface area contributed by atoms with Gasteiger partial charge in [-0.1, -0.05) is 88.7 Å². The molecule has 0 aliphatic rings. The number of phenolic OH excluding ortho intramolecular Hbond substituents is 2. The quantitative estimate of drug-likeness (QED) is 0.225. The molecule has 34 heavy (non-hydrogen) atoms. The van der Waals surface area contributed by atoms with Crippen LogP contribution >= 0.6 is 0 Å². The number of phenols is 2. The van der Waals surface area contributed by atoms with Crippen molar-refractivity contribution in [3.8, 4) is 23.0 Å². The summed E-state index contributed by atoms with van der Waals surface area (Å²) in [4.78, 5) is 0. The van der Waals surface area contributed by atoms with Crippen molar-refractivity contribution in [2.75, 3.05) is 13.2 Å². The molecular weight excluding hydrogens is 424 g/mol. The number of fused-ring (bicyclic) bond motifs is 2. The molecule has 180 valence electrons. The lowest BCUT2D eigenvalue weighted by atomic mass is 10.0. The first-order chi connectivity index (χ1) is 15.5. The van der Waals surface area contributed by atoms with E-state index >= 15 is 0 Å². The lowest BCUT2D eigenvalue weighted by molar-refractivity contribution is 0.357. The summed E-state index contributed by atoms with van der Waals surface area (Å²) in [5.74, 6) is 2.21. The molecule has 0 saturated carbocycles. The summed E-state index contributed by atoms with van der Waals surface area (Å²) in [6, 6.07) is 18.9. The van der Waals surface area contributed by atoms with Crippen LogP contribution in [0.3, 0.4) is 0 Å². The minimum Gasteiger partial charge on any atom is -0.507 e. The second kappa shape index (κ2) is 12.9. The second-order valence-corrected chi connectivity index (χ2v) is 7.37. The molecule has 0 radical (unpaired) electrons. The average molecular weight is 461 g/mol. The Morgan fingerprint density at radius 3 is 1.85 bits per heavy atom. The number of rotatable bonds is 6. The van der Waals surface area contributed by atoms with Crippen LogP contribution in [0.4, 0.5) is 0 Å². The summed E-state index contributed by atoms with van der Waals surface area (Å²) in [6.45, 7) is 12.1. The molecule has 0 aliphatic carbocycles. The normalized spacial score (nSPS) is 9.71. The molecule has 4 nitrogen and oxygen atoms in total. The molecule has 0 fully saturated rings. The summed E-state index contributed by atoms with van der Waals surface area (Å²) in [6.07, 6.45) is 3.49. The molecule has 4 rings (SSSR count). The van der Waals surface area contributed by atoms with Gasteiger partial charge in [-0.25, -0.2) is 0 Å². The maximum atomic E-state index is 9.67. The van der Waals surface area contributed by atoms with Crippen molar-refractivity contribution < 1.29 is 19.7 Å². The van der Waals surface area contributed by atoms with E-state index in [1.54, 1.807) is 37.3 Å². The van der Waals surface area contributed by atoms with Crippen LogP contribution in [0.25, 0.3) is 21.5 Å². The van der Waals surface area contributed by atoms with Crippen LogP contribution in [0.15, 0.2) is 86.0 Å². The Hall–Kier alpha value is -3.92. The largest absolute Gasteiger partial charge is 0.507 e. The van der Waals surface area contributed by atoms with Crippen LogP contribution in [0.2, 0.25) is 0 Å². The fourth-order valence-electron chi connectivity index (χ4n) is 3.53. The summed E-state index contributed by atoms with van der Waals surface area (Å²) in [5.41, 5.74) is 1.75. The third-order valence-electron chi connectivity index (χ3n) is 5.03. The van der Waals surface area contributed by atoms with Gasteiger partial charge in [0.05, 0.1) is 0 Å². The van der Waals surface area contributed by atoms with Crippen LogP contribution in [-0.4, -0.2) is 23.4 Å². The van der Waals surface area contributed by atoms with E-state index in [9.17, 15) is 10.2 Å². The minimum absolute atomic E-state index is 0. The zero-order valence-corrected chi connectivity index (χ0v) is 18.5. The zero-order chi connectivity index (χ0) is 23.1. The molecule has 4 heteroatoms. The summed E-state index contributed by atoms with van der Waals surface area (Å²) in [7, 11) is 0. The Bertz CT molecular complexity index is 1260. The Morgan fingerprint density at radius 2 is 1.24 bits per heavy atom. The Morgan fingerprint density at radius 1 is 0.706 bits per heavy atom. The highest BCUT2D eigenvalue weighted by Gasteiger charge is 2.11. The van der Waals surface area contributed by atoms with Crippen molar-refractivity contribution in [2.45, 2.75) is 28.7 Å². The molecule has 0 saturated heterocycles. The van der Waals surface area contributed by atoms with E-state index in [1.165, 1.54) is 0 Å². The highest BCUT2D eigenvalue weighted by Crippen LogP contribution is 2.36. The Balaban J connectivity index is 0.000000340. The Labute approximate surface area is 203 Å². The van der Waals surface area contributed by atoms with Gasteiger partial charge in [-0.15, -0.1) is 0 Å². The van der Waals surface area contributed by atoms with Gasteiger partial charge in [-0.05, 0) is 37.1 Å². The van der Waals surface area contributed by atoms with E-state index in [4.69, 9.17) is 9.47 Å². The average Bonchev–Trinajstić information content (AvgIpc) is 2.81. The minimum atomic E-state index is 0. The summed E-state index contributed by atoms with van der Waals surface area (Å²) >= 11 is 0. The van der Waals surface area contributed by atoms with Crippen molar-refractivity contribution in [1.29, 1.82) is 0 Å². The molecule has 0 amide bonds. The molecule has 0 heterocycles. The van der Waals surface area contributed by atoms with Gasteiger partial charge in [0.1, 0.15) is 36.2 Å². The highest BCUT2D eigenvalue weighted by molar-refractivity contribution is 5.95. The van der Waals surface area contributed by atoms with Gasteiger partial charge in [0, 0.05) is 21.5 Å². The zero-order valence-electron chi connectivity index (χ0n) is 18.5. The summed E-state index contributed by atoms with van der Waals surface area (Å²) < 4.78 is 11.5. The van der Waals surface area contributed by atoms with Crippen LogP contribution in [-0.2, 0) is 0 Å². The molecule has 0 aliphatic heterocycles. The lowest BCUT2D eigenvalue weighted by Crippen LogP contribution is -1.99. The number of aryl methyl sites for hydroxylation is 2. The predicted molar refractivity (Wildman–Crippen MR) is 146 cm³/mol. The summed E-state index contributed by atoms with van der Waals surface area (Å²) in [5, 5.41) is 22.7. The van der Waals surface area contributed by atoms with Crippen molar-refractivity contribution in [3.63, 3.8) is 0 Å². The predicted octanol–water partition coefficient (Wildman–Crippen LogP) is 8.11. The van der Waals surface area contributed by atoms with Crippen LogP contribution in [0.5, 0.6) is 23.0 Å². The van der Waals surface area contributed by atoms with Crippen molar-refractivity contribution in [3.05, 3.63) is 97.1 Å². The molecule has 0 bridgehead atoms. The highest BCUT2D eigenvalue weighted by atomic mass is 16.5. The van der Waals surface area contributed by atoms with Gasteiger partial charge in [-0.3, -0.25) is 0 Å². The standard InChI is InChI=1S/C17H18O2.C11H10O2.2CH4/c1-4-10-18-16-12-13(3)17(19-11-5-2)15-9-7-6-8-14(15)16;1-7-6-10(12)8-4-2-3-5-9(8)11(7)13;;/h4-9,12H,1-2,10-11H2,3H3;2-6,12-13H,1H3;2*1H4. The number of ether oxygens (including phenoxy) is 2. The van der Waals surface area contributed by atoms with Crippen molar-refractivity contribution in [2.24, 2.45) is 0 Å².